The summed E-state index contributed by atoms with van der Waals surface area (Å²) >= 11 is 0. The predicted molar refractivity (Wildman–Crippen MR) is 126 cm³/mol. The van der Waals surface area contributed by atoms with E-state index in [1.807, 2.05) is 38.1 Å². The van der Waals surface area contributed by atoms with Gasteiger partial charge in [0.1, 0.15) is 12.1 Å². The molecular weight excluding hydrogens is 442 g/mol. The molecule has 2 heterocycles. The van der Waals surface area contributed by atoms with Gasteiger partial charge in [0.25, 0.3) is 5.91 Å². The summed E-state index contributed by atoms with van der Waals surface area (Å²) in [6.45, 7) is 11.8. The van der Waals surface area contributed by atoms with E-state index in [-0.39, 0.29) is 22.8 Å². The summed E-state index contributed by atoms with van der Waals surface area (Å²) in [7, 11) is -3.18. The molecule has 1 aromatic carbocycles. The molecule has 2 saturated heterocycles. The lowest BCUT2D eigenvalue weighted by Gasteiger charge is -2.31. The summed E-state index contributed by atoms with van der Waals surface area (Å²) in [6.07, 6.45) is 0.374. The Hall–Kier alpha value is -2.42. The first-order chi connectivity index (χ1) is 15.1. The van der Waals surface area contributed by atoms with E-state index in [0.717, 1.165) is 10.5 Å². The molecular formula is C24H35N3O5S. The smallest absolute Gasteiger partial charge is 0.325 e. The lowest BCUT2D eigenvalue weighted by molar-refractivity contribution is -0.140. The highest BCUT2D eigenvalue weighted by molar-refractivity contribution is 7.91. The highest BCUT2D eigenvalue weighted by Gasteiger charge is 2.50. The van der Waals surface area contributed by atoms with Crippen molar-refractivity contribution in [3.63, 3.8) is 0 Å². The molecule has 0 bridgehead atoms. The van der Waals surface area contributed by atoms with E-state index < -0.39 is 45.8 Å². The Morgan fingerprint density at radius 1 is 1.21 bits per heavy atom. The Bertz CT molecular complexity index is 1040. The van der Waals surface area contributed by atoms with Gasteiger partial charge in [-0.3, -0.25) is 14.5 Å². The second-order valence-electron chi connectivity index (χ2n) is 10.8. The van der Waals surface area contributed by atoms with E-state index in [1.54, 1.807) is 6.92 Å². The number of urea groups is 1. The molecule has 1 N–H and O–H groups in total. The van der Waals surface area contributed by atoms with Gasteiger partial charge in [0.15, 0.2) is 9.84 Å². The molecule has 2 fully saturated rings. The van der Waals surface area contributed by atoms with Crippen molar-refractivity contribution in [1.29, 1.82) is 0 Å². The maximum Gasteiger partial charge on any atom is 0.325 e. The van der Waals surface area contributed by atoms with Crippen LogP contribution < -0.4 is 5.32 Å². The summed E-state index contributed by atoms with van der Waals surface area (Å²) in [5.74, 6) is -0.823. The number of rotatable bonds is 6. The topological polar surface area (TPSA) is 104 Å². The summed E-state index contributed by atoms with van der Waals surface area (Å²) in [5.41, 5.74) is 0.432. The lowest BCUT2D eigenvalue weighted by atomic mass is 9.84. The molecule has 0 aliphatic carbocycles. The Kier molecular flexibility index (Phi) is 6.68. The van der Waals surface area contributed by atoms with E-state index in [0.29, 0.717) is 18.5 Å². The number of sulfone groups is 1. The van der Waals surface area contributed by atoms with Gasteiger partial charge < -0.3 is 10.2 Å². The number of carbonyl (C=O) groups is 3. The number of imide groups is 1. The van der Waals surface area contributed by atoms with Crippen molar-refractivity contribution in [2.45, 2.75) is 65.0 Å². The van der Waals surface area contributed by atoms with Gasteiger partial charge in [-0.25, -0.2) is 13.2 Å². The molecule has 0 saturated carbocycles. The van der Waals surface area contributed by atoms with Crippen molar-refractivity contribution in [2.24, 2.45) is 5.92 Å². The third-order valence-corrected chi connectivity index (χ3v) is 8.18. The SMILES string of the molecule is CC(C)CN(C(=O)CN1C(=O)N[C@](C)(c2ccc(C(C)(C)C)cc2)C1=O)[C@H]1CCS(=O)(=O)C1. The number of hydrogen-bond donors (Lipinski definition) is 1. The molecule has 4 amide bonds. The summed E-state index contributed by atoms with van der Waals surface area (Å²) in [6, 6.07) is 6.50. The van der Waals surface area contributed by atoms with E-state index in [4.69, 9.17) is 0 Å². The minimum absolute atomic E-state index is 0.0469. The Labute approximate surface area is 196 Å². The first-order valence-electron chi connectivity index (χ1n) is 11.4. The zero-order valence-electron chi connectivity index (χ0n) is 20.3. The maximum absolute atomic E-state index is 13.3. The first kappa shape index (κ1) is 25.2. The third kappa shape index (κ3) is 5.23. The van der Waals surface area contributed by atoms with Crippen molar-refractivity contribution in [3.8, 4) is 0 Å². The van der Waals surface area contributed by atoms with Crippen molar-refractivity contribution in [3.05, 3.63) is 35.4 Å². The van der Waals surface area contributed by atoms with Crippen LogP contribution in [-0.4, -0.2) is 66.7 Å². The maximum atomic E-state index is 13.3. The van der Waals surface area contributed by atoms with Crippen LogP contribution in [0.3, 0.4) is 0 Å². The van der Waals surface area contributed by atoms with Crippen molar-refractivity contribution in [2.75, 3.05) is 24.6 Å². The fourth-order valence-electron chi connectivity index (χ4n) is 4.43. The monoisotopic (exact) mass is 477 g/mol. The van der Waals surface area contributed by atoms with Crippen LogP contribution in [0.4, 0.5) is 4.79 Å². The number of carbonyl (C=O) groups excluding carboxylic acids is 3. The third-order valence-electron chi connectivity index (χ3n) is 6.43. The second kappa shape index (κ2) is 8.74. The average molecular weight is 478 g/mol. The van der Waals surface area contributed by atoms with Crippen LogP contribution >= 0.6 is 0 Å². The van der Waals surface area contributed by atoms with Gasteiger partial charge in [0.2, 0.25) is 5.91 Å². The quantitative estimate of drug-likeness (QED) is 0.634. The van der Waals surface area contributed by atoms with E-state index >= 15 is 0 Å². The van der Waals surface area contributed by atoms with Gasteiger partial charge in [0.05, 0.1) is 11.5 Å². The van der Waals surface area contributed by atoms with Gasteiger partial charge in [-0.1, -0.05) is 58.9 Å². The predicted octanol–water partition coefficient (Wildman–Crippen LogP) is 2.42. The van der Waals surface area contributed by atoms with Crippen molar-refractivity contribution in [1.82, 2.24) is 15.1 Å². The minimum atomic E-state index is -3.18. The number of nitrogens with one attached hydrogen (secondary N) is 1. The minimum Gasteiger partial charge on any atom is -0.337 e. The van der Waals surface area contributed by atoms with E-state index in [9.17, 15) is 22.8 Å². The van der Waals surface area contributed by atoms with Gasteiger partial charge in [-0.15, -0.1) is 0 Å². The van der Waals surface area contributed by atoms with Crippen LogP contribution in [-0.2, 0) is 30.4 Å². The van der Waals surface area contributed by atoms with E-state index in [1.165, 1.54) is 4.90 Å². The zero-order valence-corrected chi connectivity index (χ0v) is 21.2. The van der Waals surface area contributed by atoms with Crippen LogP contribution in [0.5, 0.6) is 0 Å². The molecule has 33 heavy (non-hydrogen) atoms. The van der Waals surface area contributed by atoms with Crippen LogP contribution in [0.25, 0.3) is 0 Å². The van der Waals surface area contributed by atoms with Crippen molar-refractivity contribution < 1.29 is 22.8 Å². The number of benzene rings is 1. The summed E-state index contributed by atoms with van der Waals surface area (Å²) in [4.78, 5) is 41.7. The second-order valence-corrected chi connectivity index (χ2v) is 13.0. The Morgan fingerprint density at radius 3 is 2.30 bits per heavy atom. The molecule has 0 aromatic heterocycles. The first-order valence-corrected chi connectivity index (χ1v) is 13.2. The molecule has 0 radical (unpaired) electrons. The molecule has 9 heteroatoms. The fraction of sp³-hybridized carbons (Fsp3) is 0.625. The molecule has 0 spiro atoms. The van der Waals surface area contributed by atoms with Gasteiger partial charge >= 0.3 is 6.03 Å². The largest absolute Gasteiger partial charge is 0.337 e. The summed E-state index contributed by atoms with van der Waals surface area (Å²) < 4.78 is 23.9. The highest BCUT2D eigenvalue weighted by Crippen LogP contribution is 2.31. The molecule has 182 valence electrons. The molecule has 8 nitrogen and oxygen atoms in total. The molecule has 2 aliphatic rings. The highest BCUT2D eigenvalue weighted by atomic mass is 32.2. The van der Waals surface area contributed by atoms with E-state index in [2.05, 4.69) is 26.1 Å². The average Bonchev–Trinajstić information content (AvgIpc) is 3.17. The molecule has 3 rings (SSSR count). The van der Waals surface area contributed by atoms with Crippen LogP contribution in [0.15, 0.2) is 24.3 Å². The fourth-order valence-corrected chi connectivity index (χ4v) is 6.17. The van der Waals surface area contributed by atoms with Gasteiger partial charge in [-0.2, -0.15) is 0 Å². The lowest BCUT2D eigenvalue weighted by Crippen LogP contribution is -2.49. The van der Waals surface area contributed by atoms with Crippen LogP contribution in [0.1, 0.15) is 59.1 Å². The number of hydrogen-bond acceptors (Lipinski definition) is 5. The Balaban J connectivity index is 1.80. The molecule has 2 atom stereocenters. The van der Waals surface area contributed by atoms with Crippen LogP contribution in [0.2, 0.25) is 0 Å². The Morgan fingerprint density at radius 2 is 1.82 bits per heavy atom. The number of nitrogens with zero attached hydrogens (tertiary/aromatic N) is 2. The van der Waals surface area contributed by atoms with Gasteiger partial charge in [-0.05, 0) is 35.8 Å². The number of amides is 4. The standard InChI is InChI=1S/C24H35N3O5S/c1-16(2)13-26(19-11-12-33(31,32)15-19)20(28)14-27-21(29)24(6,25-22(27)30)18-9-7-17(8-10-18)23(3,4)5/h7-10,16,19H,11-15H2,1-6H3,(H,25,30)/t19-,24+/m0/s1. The molecule has 1 aromatic rings. The van der Waals surface area contributed by atoms with Crippen molar-refractivity contribution >= 4 is 27.7 Å². The van der Waals surface area contributed by atoms with Crippen LogP contribution in [0, 0.1) is 5.92 Å². The van der Waals surface area contributed by atoms with Gasteiger partial charge in [0, 0.05) is 12.6 Å². The molecule has 2 aliphatic heterocycles. The zero-order chi connectivity index (χ0) is 24.8. The summed E-state index contributed by atoms with van der Waals surface area (Å²) in [5, 5.41) is 2.74. The molecule has 0 unspecified atom stereocenters. The normalized spacial score (nSPS) is 24.9.